The molecule has 0 unspecified atom stereocenters. The molecule has 0 fully saturated rings. The molecule has 1 aliphatic rings. The molecule has 1 aromatic heterocycles. The average Bonchev–Trinajstić information content (AvgIpc) is 2.71. The maximum absolute atomic E-state index is 11.3. The number of ether oxygens (including phenoxy) is 1. The Labute approximate surface area is 93.4 Å². The van der Waals surface area contributed by atoms with Crippen molar-refractivity contribution in [1.29, 1.82) is 0 Å². The highest BCUT2D eigenvalue weighted by atomic mass is 16.5. The minimum absolute atomic E-state index is 0.232. The molecule has 0 radical (unpaired) electrons. The van der Waals surface area contributed by atoms with Crippen molar-refractivity contribution < 1.29 is 9.53 Å². The van der Waals surface area contributed by atoms with Gasteiger partial charge >= 0.3 is 5.97 Å². The molecule has 0 amide bonds. The first-order chi connectivity index (χ1) is 7.81. The van der Waals surface area contributed by atoms with Crippen molar-refractivity contribution in [2.24, 2.45) is 0 Å². The van der Waals surface area contributed by atoms with Gasteiger partial charge in [-0.3, -0.25) is 4.79 Å². The smallest absolute Gasteiger partial charge is 0.310 e. The van der Waals surface area contributed by atoms with Crippen LogP contribution >= 0.6 is 0 Å². The molecule has 1 N–H and O–H groups in total. The van der Waals surface area contributed by atoms with E-state index in [1.165, 1.54) is 7.11 Å². The van der Waals surface area contributed by atoms with Crippen molar-refractivity contribution in [1.82, 2.24) is 4.98 Å². The molecule has 0 atom stereocenters. The fourth-order valence-electron chi connectivity index (χ4n) is 1.65. The highest BCUT2D eigenvalue weighted by molar-refractivity contribution is 5.82. The lowest BCUT2D eigenvalue weighted by atomic mass is 10.1. The Bertz CT molecular complexity index is 561. The first kappa shape index (κ1) is 10.5. The molecule has 1 heterocycles. The third-order valence-electron chi connectivity index (χ3n) is 2.46. The van der Waals surface area contributed by atoms with Gasteiger partial charge in [0.2, 0.25) is 0 Å². The zero-order valence-electron chi connectivity index (χ0n) is 9.07. The first-order valence-electron chi connectivity index (χ1n) is 5.09. The number of H-pyrrole nitrogens is 1. The average molecular weight is 215 g/mol. The van der Waals surface area contributed by atoms with Crippen LogP contribution in [-0.4, -0.2) is 18.1 Å². The predicted molar refractivity (Wildman–Crippen MR) is 62.8 cm³/mol. The Kier molecular flexibility index (Phi) is 3.05. The summed E-state index contributed by atoms with van der Waals surface area (Å²) < 4.78 is 4.68. The number of carbonyl (C=O) groups is 1. The second-order valence-electron chi connectivity index (χ2n) is 3.50. The maximum atomic E-state index is 11.3. The van der Waals surface area contributed by atoms with Gasteiger partial charge < -0.3 is 9.72 Å². The van der Waals surface area contributed by atoms with Crippen molar-refractivity contribution in [3.8, 4) is 0 Å². The molecule has 0 saturated heterocycles. The van der Waals surface area contributed by atoms with Crippen LogP contribution < -0.4 is 10.6 Å². The fraction of sp³-hybridized carbons (Fsp3) is 0.154. The van der Waals surface area contributed by atoms with E-state index >= 15 is 0 Å². The third-order valence-corrected chi connectivity index (χ3v) is 2.46. The zero-order chi connectivity index (χ0) is 11.4. The quantitative estimate of drug-likeness (QED) is 0.735. The van der Waals surface area contributed by atoms with Gasteiger partial charge in [0.15, 0.2) is 0 Å². The second-order valence-corrected chi connectivity index (χ2v) is 3.50. The minimum atomic E-state index is -0.232. The van der Waals surface area contributed by atoms with Gasteiger partial charge in [-0.25, -0.2) is 0 Å². The highest BCUT2D eigenvalue weighted by Gasteiger charge is 2.05. The van der Waals surface area contributed by atoms with Crippen LogP contribution in [0, 0.1) is 0 Å². The summed E-state index contributed by atoms with van der Waals surface area (Å²) >= 11 is 0. The van der Waals surface area contributed by atoms with E-state index in [0.717, 1.165) is 16.1 Å². The van der Waals surface area contributed by atoms with Crippen molar-refractivity contribution in [3.05, 3.63) is 47.1 Å². The van der Waals surface area contributed by atoms with E-state index < -0.39 is 0 Å². The molecule has 2 rings (SSSR count). The summed E-state index contributed by atoms with van der Waals surface area (Å²) in [6.45, 7) is 0. The molecule has 0 bridgehead atoms. The summed E-state index contributed by atoms with van der Waals surface area (Å²) in [7, 11) is 1.40. The molecule has 3 heteroatoms. The normalized spacial score (nSPS) is 19.8. The molecule has 1 aromatic rings. The van der Waals surface area contributed by atoms with Gasteiger partial charge in [0.1, 0.15) is 0 Å². The number of carbonyl (C=O) groups excluding carboxylic acids is 1. The fourth-order valence-corrected chi connectivity index (χ4v) is 1.65. The zero-order valence-corrected chi connectivity index (χ0v) is 9.07. The molecule has 1 aliphatic carbocycles. The van der Waals surface area contributed by atoms with Gasteiger partial charge in [-0.2, -0.15) is 0 Å². The van der Waals surface area contributed by atoms with Crippen LogP contribution in [0.5, 0.6) is 0 Å². The Morgan fingerprint density at radius 2 is 2.25 bits per heavy atom. The number of hydrogen-bond acceptors (Lipinski definition) is 2. The van der Waals surface area contributed by atoms with Crippen LogP contribution in [0.2, 0.25) is 0 Å². The van der Waals surface area contributed by atoms with Crippen LogP contribution in [0.25, 0.3) is 11.6 Å². The number of aromatic nitrogens is 1. The summed E-state index contributed by atoms with van der Waals surface area (Å²) in [5.41, 5.74) is 0.937. The Balaban J connectivity index is 2.55. The van der Waals surface area contributed by atoms with Crippen molar-refractivity contribution >= 4 is 17.6 Å². The van der Waals surface area contributed by atoms with Crippen LogP contribution in [0.4, 0.5) is 0 Å². The van der Waals surface area contributed by atoms with Gasteiger partial charge in [-0.1, -0.05) is 30.4 Å². The van der Waals surface area contributed by atoms with Gasteiger partial charge in [-0.05, 0) is 16.9 Å². The lowest BCUT2D eigenvalue weighted by Crippen LogP contribution is -2.26. The number of methoxy groups -OCH3 is 1. The number of allylic oxidation sites excluding steroid dienone is 4. The van der Waals surface area contributed by atoms with Crippen LogP contribution in [0.3, 0.4) is 0 Å². The van der Waals surface area contributed by atoms with E-state index in [4.69, 9.17) is 0 Å². The maximum Gasteiger partial charge on any atom is 0.310 e. The number of fused-ring (bicyclic) bond motifs is 1. The number of aromatic amines is 1. The molecular formula is C13H13NO2. The summed E-state index contributed by atoms with van der Waals surface area (Å²) in [6, 6.07) is 1.98. The molecule has 3 nitrogen and oxygen atoms in total. The summed E-state index contributed by atoms with van der Waals surface area (Å²) in [6.07, 6.45) is 11.9. The molecule has 82 valence electrons. The molecular weight excluding hydrogens is 202 g/mol. The van der Waals surface area contributed by atoms with E-state index in [1.54, 1.807) is 0 Å². The van der Waals surface area contributed by atoms with Crippen molar-refractivity contribution in [2.45, 2.75) is 6.42 Å². The number of hydrogen-bond donors (Lipinski definition) is 1. The molecule has 0 aromatic carbocycles. The lowest BCUT2D eigenvalue weighted by Gasteiger charge is -2.00. The first-order valence-corrected chi connectivity index (χ1v) is 5.09. The third kappa shape index (κ3) is 2.14. The Morgan fingerprint density at radius 3 is 3.06 bits per heavy atom. The second kappa shape index (κ2) is 4.66. The number of esters is 1. The molecule has 0 spiro atoms. The monoisotopic (exact) mass is 215 g/mol. The van der Waals surface area contributed by atoms with Gasteiger partial charge in [0.05, 0.1) is 13.5 Å². The predicted octanol–water partition coefficient (Wildman–Crippen LogP) is 0.635. The SMILES string of the molecule is COC(=O)CC1=c2[nH]cc/c2=C/C=C\C=C/1. The van der Waals surface area contributed by atoms with E-state index in [1.807, 2.05) is 42.6 Å². The van der Waals surface area contributed by atoms with Crippen LogP contribution in [0.1, 0.15) is 6.42 Å². The topological polar surface area (TPSA) is 42.1 Å². The van der Waals surface area contributed by atoms with E-state index in [9.17, 15) is 4.79 Å². The molecule has 0 aliphatic heterocycles. The Morgan fingerprint density at radius 1 is 1.38 bits per heavy atom. The van der Waals surface area contributed by atoms with Crippen LogP contribution in [-0.2, 0) is 9.53 Å². The van der Waals surface area contributed by atoms with Gasteiger partial charge in [0.25, 0.3) is 0 Å². The molecule has 16 heavy (non-hydrogen) atoms. The standard InChI is InChI=1S/C13H13NO2/c1-16-12(15)9-11-6-4-2-3-5-10-7-8-14-13(10)11/h2-8,14H,9H2,1H3/b3-2-,4-2?,5-3?,6-4-,10-5-,11-6?,13-11?. The van der Waals surface area contributed by atoms with Gasteiger partial charge in [0, 0.05) is 11.5 Å². The van der Waals surface area contributed by atoms with E-state index in [0.29, 0.717) is 0 Å². The summed E-state index contributed by atoms with van der Waals surface area (Å²) in [5, 5.41) is 2.06. The molecule has 0 saturated carbocycles. The van der Waals surface area contributed by atoms with Gasteiger partial charge in [-0.15, -0.1) is 0 Å². The summed E-state index contributed by atoms with van der Waals surface area (Å²) in [5.74, 6) is -0.232. The highest BCUT2D eigenvalue weighted by Crippen LogP contribution is 2.04. The minimum Gasteiger partial charge on any atom is -0.469 e. The Hall–Kier alpha value is -2.03. The van der Waals surface area contributed by atoms with Crippen molar-refractivity contribution in [2.75, 3.05) is 7.11 Å². The summed E-state index contributed by atoms with van der Waals surface area (Å²) in [4.78, 5) is 14.4. The van der Waals surface area contributed by atoms with E-state index in [2.05, 4.69) is 9.72 Å². The van der Waals surface area contributed by atoms with E-state index in [-0.39, 0.29) is 12.4 Å². The van der Waals surface area contributed by atoms with Crippen LogP contribution in [0.15, 0.2) is 36.6 Å². The van der Waals surface area contributed by atoms with Crippen molar-refractivity contribution in [3.63, 3.8) is 0 Å². The lowest BCUT2D eigenvalue weighted by molar-refractivity contribution is -0.139. The largest absolute Gasteiger partial charge is 0.469 e. The number of rotatable bonds is 2. The number of nitrogens with one attached hydrogen (secondary N) is 1.